The van der Waals surface area contributed by atoms with Crippen LogP contribution in [0.4, 0.5) is 5.69 Å². The van der Waals surface area contributed by atoms with Gasteiger partial charge in [0.1, 0.15) is 6.54 Å². The van der Waals surface area contributed by atoms with Crippen molar-refractivity contribution in [3.8, 4) is 0 Å². The molecule has 0 spiro atoms. The average Bonchev–Trinajstić information content (AvgIpc) is 2.60. The number of hydrogen-bond donors (Lipinski definition) is 3. The normalized spacial score (nSPS) is 20.1. The lowest BCUT2D eigenvalue weighted by Gasteiger charge is -2.27. The molecule has 0 aromatic heterocycles. The third-order valence-electron chi connectivity index (χ3n) is 4.03. The van der Waals surface area contributed by atoms with Crippen molar-refractivity contribution in [2.75, 3.05) is 25.5 Å². The zero-order valence-corrected chi connectivity index (χ0v) is 13.9. The molecule has 2 atom stereocenters. The van der Waals surface area contributed by atoms with E-state index < -0.39 is 5.97 Å². The number of rotatable bonds is 5. The number of carbonyl (C=O) groups is 3. The van der Waals surface area contributed by atoms with Gasteiger partial charge in [0.15, 0.2) is 0 Å². The highest BCUT2D eigenvalue weighted by atomic mass is 16.5. The van der Waals surface area contributed by atoms with Crippen molar-refractivity contribution in [1.29, 1.82) is 0 Å². The van der Waals surface area contributed by atoms with Crippen molar-refractivity contribution < 1.29 is 19.1 Å². The first-order chi connectivity index (χ1) is 11.5. The van der Waals surface area contributed by atoms with Crippen LogP contribution < -0.4 is 16.0 Å². The number of benzene rings is 1. The second-order valence-corrected chi connectivity index (χ2v) is 5.90. The summed E-state index contributed by atoms with van der Waals surface area (Å²) in [4.78, 5) is 35.1. The summed E-state index contributed by atoms with van der Waals surface area (Å²) >= 11 is 0. The fourth-order valence-corrected chi connectivity index (χ4v) is 2.65. The van der Waals surface area contributed by atoms with E-state index in [1.54, 1.807) is 24.3 Å². The minimum atomic E-state index is -0.511. The van der Waals surface area contributed by atoms with Gasteiger partial charge in [-0.3, -0.25) is 14.4 Å². The quantitative estimate of drug-likeness (QED) is 0.696. The van der Waals surface area contributed by atoms with Crippen molar-refractivity contribution in [3.05, 3.63) is 29.8 Å². The van der Waals surface area contributed by atoms with E-state index in [4.69, 9.17) is 0 Å². The molecule has 1 aromatic carbocycles. The molecule has 1 aliphatic heterocycles. The largest absolute Gasteiger partial charge is 0.468 e. The lowest BCUT2D eigenvalue weighted by molar-refractivity contribution is -0.139. The number of amides is 2. The van der Waals surface area contributed by atoms with Crippen molar-refractivity contribution in [2.45, 2.75) is 25.8 Å². The Kier molecular flexibility index (Phi) is 6.31. The van der Waals surface area contributed by atoms with E-state index in [2.05, 4.69) is 27.6 Å². The zero-order chi connectivity index (χ0) is 17.5. The number of ether oxygens (including phenoxy) is 1. The Labute approximate surface area is 141 Å². The summed E-state index contributed by atoms with van der Waals surface area (Å²) in [6.45, 7) is 2.74. The highest BCUT2D eigenvalue weighted by molar-refractivity contribution is 5.97. The Morgan fingerprint density at radius 2 is 1.96 bits per heavy atom. The SMILES string of the molecule is COC(=O)CNC(=O)c1ccc(NC(=O)[C@H]2CCN[C@@H](C)C2)cc1. The van der Waals surface area contributed by atoms with Crippen molar-refractivity contribution in [3.63, 3.8) is 0 Å². The molecule has 7 nitrogen and oxygen atoms in total. The van der Waals surface area contributed by atoms with Crippen LogP contribution >= 0.6 is 0 Å². The van der Waals surface area contributed by atoms with Crippen LogP contribution in [0.2, 0.25) is 0 Å². The fraction of sp³-hybridized carbons (Fsp3) is 0.471. The van der Waals surface area contributed by atoms with Crippen molar-refractivity contribution in [2.24, 2.45) is 5.92 Å². The molecule has 0 radical (unpaired) electrons. The Bertz CT molecular complexity index is 600. The van der Waals surface area contributed by atoms with Gasteiger partial charge in [-0.1, -0.05) is 0 Å². The van der Waals surface area contributed by atoms with Gasteiger partial charge in [0, 0.05) is 23.2 Å². The van der Waals surface area contributed by atoms with Gasteiger partial charge in [0.05, 0.1) is 7.11 Å². The molecule has 0 aliphatic carbocycles. The van der Waals surface area contributed by atoms with Gasteiger partial charge in [-0.25, -0.2) is 0 Å². The van der Waals surface area contributed by atoms with Crippen LogP contribution in [0.25, 0.3) is 0 Å². The van der Waals surface area contributed by atoms with Crippen LogP contribution in [0, 0.1) is 5.92 Å². The monoisotopic (exact) mass is 333 g/mol. The Morgan fingerprint density at radius 3 is 2.58 bits per heavy atom. The van der Waals surface area contributed by atoms with Crippen LogP contribution in [0.5, 0.6) is 0 Å². The fourth-order valence-electron chi connectivity index (χ4n) is 2.65. The summed E-state index contributed by atoms with van der Waals surface area (Å²) in [7, 11) is 1.26. The summed E-state index contributed by atoms with van der Waals surface area (Å²) in [5.74, 6) is -0.871. The molecule has 1 aliphatic rings. The number of carbonyl (C=O) groups excluding carboxylic acids is 3. The highest BCUT2D eigenvalue weighted by Crippen LogP contribution is 2.19. The van der Waals surface area contributed by atoms with E-state index >= 15 is 0 Å². The molecular formula is C17H23N3O4. The minimum absolute atomic E-state index is 0.00396. The molecule has 3 N–H and O–H groups in total. The molecule has 0 saturated carbocycles. The highest BCUT2D eigenvalue weighted by Gasteiger charge is 2.24. The average molecular weight is 333 g/mol. The maximum absolute atomic E-state index is 12.3. The molecule has 0 bridgehead atoms. The smallest absolute Gasteiger partial charge is 0.325 e. The van der Waals surface area contributed by atoms with Crippen LogP contribution in [-0.4, -0.2) is 44.0 Å². The molecule has 1 fully saturated rings. The van der Waals surface area contributed by atoms with E-state index in [1.165, 1.54) is 7.11 Å². The van der Waals surface area contributed by atoms with Gasteiger partial charge in [0.25, 0.3) is 5.91 Å². The van der Waals surface area contributed by atoms with Gasteiger partial charge < -0.3 is 20.7 Å². The number of piperidine rings is 1. The third-order valence-corrected chi connectivity index (χ3v) is 4.03. The van der Waals surface area contributed by atoms with E-state index in [0.717, 1.165) is 19.4 Å². The zero-order valence-electron chi connectivity index (χ0n) is 13.9. The first-order valence-electron chi connectivity index (χ1n) is 7.99. The minimum Gasteiger partial charge on any atom is -0.468 e. The standard InChI is InChI=1S/C17H23N3O4/c1-11-9-13(7-8-18-11)17(23)20-14-5-3-12(4-6-14)16(22)19-10-15(21)24-2/h3-6,11,13,18H,7-10H2,1-2H3,(H,19,22)(H,20,23)/t11-,13-/m0/s1. The molecule has 130 valence electrons. The van der Waals surface area contributed by atoms with Crippen LogP contribution in [0.1, 0.15) is 30.1 Å². The number of anilines is 1. The summed E-state index contributed by atoms with van der Waals surface area (Å²) in [6, 6.07) is 6.90. The predicted molar refractivity (Wildman–Crippen MR) is 89.6 cm³/mol. The molecule has 24 heavy (non-hydrogen) atoms. The van der Waals surface area contributed by atoms with E-state index in [1.807, 2.05) is 0 Å². The predicted octanol–water partition coefficient (Wildman–Crippen LogP) is 0.916. The Balaban J connectivity index is 1.88. The van der Waals surface area contributed by atoms with E-state index in [-0.39, 0.29) is 24.3 Å². The molecule has 2 rings (SSSR count). The summed E-state index contributed by atoms with van der Waals surface area (Å²) in [5.41, 5.74) is 1.06. The van der Waals surface area contributed by atoms with Crippen LogP contribution in [0.15, 0.2) is 24.3 Å². The molecule has 2 amide bonds. The summed E-state index contributed by atoms with van der Waals surface area (Å²) in [6.07, 6.45) is 1.64. The number of hydrogen-bond acceptors (Lipinski definition) is 5. The summed E-state index contributed by atoms with van der Waals surface area (Å²) < 4.78 is 4.46. The second-order valence-electron chi connectivity index (χ2n) is 5.90. The lowest BCUT2D eigenvalue weighted by Crippen LogP contribution is -2.40. The first kappa shape index (κ1) is 17.9. The molecule has 1 saturated heterocycles. The van der Waals surface area contributed by atoms with Gasteiger partial charge in [-0.15, -0.1) is 0 Å². The van der Waals surface area contributed by atoms with E-state index in [0.29, 0.717) is 17.3 Å². The molecule has 0 unspecified atom stereocenters. The maximum Gasteiger partial charge on any atom is 0.325 e. The van der Waals surface area contributed by atoms with Crippen molar-refractivity contribution >= 4 is 23.5 Å². The third kappa shape index (κ3) is 5.06. The number of methoxy groups -OCH3 is 1. The Hall–Kier alpha value is -2.41. The maximum atomic E-state index is 12.3. The van der Waals surface area contributed by atoms with Crippen LogP contribution in [-0.2, 0) is 14.3 Å². The first-order valence-corrected chi connectivity index (χ1v) is 7.99. The van der Waals surface area contributed by atoms with Gasteiger partial charge >= 0.3 is 5.97 Å². The molecule has 1 aromatic rings. The topological polar surface area (TPSA) is 96.5 Å². The number of nitrogens with one attached hydrogen (secondary N) is 3. The molecular weight excluding hydrogens is 310 g/mol. The van der Waals surface area contributed by atoms with Crippen LogP contribution in [0.3, 0.4) is 0 Å². The van der Waals surface area contributed by atoms with Gasteiger partial charge in [-0.05, 0) is 50.6 Å². The Morgan fingerprint density at radius 1 is 1.25 bits per heavy atom. The molecule has 1 heterocycles. The van der Waals surface area contributed by atoms with Gasteiger partial charge in [0.2, 0.25) is 5.91 Å². The molecule has 7 heteroatoms. The van der Waals surface area contributed by atoms with E-state index in [9.17, 15) is 14.4 Å². The summed E-state index contributed by atoms with van der Waals surface area (Å²) in [5, 5.41) is 8.66. The lowest BCUT2D eigenvalue weighted by atomic mass is 9.92. The second kappa shape index (κ2) is 8.44. The van der Waals surface area contributed by atoms with Gasteiger partial charge in [-0.2, -0.15) is 0 Å². The van der Waals surface area contributed by atoms with Crippen molar-refractivity contribution in [1.82, 2.24) is 10.6 Å². The number of esters is 1.